The average molecular weight is 535 g/mol. The molecule has 0 bridgehead atoms. The second-order valence-electron chi connectivity index (χ2n) is 10.4. The quantitative estimate of drug-likeness (QED) is 0.455. The first-order chi connectivity index (χ1) is 18.4. The number of benzene rings is 2. The van der Waals surface area contributed by atoms with Gasteiger partial charge in [0.1, 0.15) is 5.82 Å². The van der Waals surface area contributed by atoms with E-state index in [4.69, 9.17) is 0 Å². The molecule has 0 radical (unpaired) electrons. The van der Waals surface area contributed by atoms with Crippen LogP contribution in [0.1, 0.15) is 53.8 Å². The maximum atomic E-state index is 14.1. The van der Waals surface area contributed by atoms with E-state index in [-0.39, 0.29) is 30.3 Å². The zero-order valence-electron chi connectivity index (χ0n) is 22.0. The predicted molar refractivity (Wildman–Crippen MR) is 150 cm³/mol. The highest BCUT2D eigenvalue weighted by atomic mass is 32.1. The summed E-state index contributed by atoms with van der Waals surface area (Å²) in [6.07, 6.45) is 1.62. The van der Waals surface area contributed by atoms with E-state index in [1.807, 2.05) is 35.2 Å². The van der Waals surface area contributed by atoms with Gasteiger partial charge >= 0.3 is 6.03 Å². The summed E-state index contributed by atoms with van der Waals surface area (Å²) in [5.74, 6) is 0.227. The number of anilines is 1. The first kappa shape index (κ1) is 26.4. The molecule has 1 atom stereocenters. The Morgan fingerprint density at radius 2 is 1.76 bits per heavy atom. The third kappa shape index (κ3) is 5.92. The van der Waals surface area contributed by atoms with Gasteiger partial charge in [0.15, 0.2) is 0 Å². The number of nitrogens with one attached hydrogen (secondary N) is 1. The summed E-state index contributed by atoms with van der Waals surface area (Å²) in [5, 5.41) is 5.08. The Morgan fingerprint density at radius 3 is 2.53 bits per heavy atom. The molecule has 5 rings (SSSR count). The molecule has 38 heavy (non-hydrogen) atoms. The van der Waals surface area contributed by atoms with Crippen molar-refractivity contribution >= 4 is 29.0 Å². The number of fused-ring (bicyclic) bond motifs is 1. The van der Waals surface area contributed by atoms with E-state index in [9.17, 15) is 14.0 Å². The molecule has 0 aliphatic carbocycles. The predicted octanol–water partition coefficient (Wildman–Crippen LogP) is 5.72. The Bertz CT molecular complexity index is 1280. The van der Waals surface area contributed by atoms with Gasteiger partial charge in [-0.15, -0.1) is 11.3 Å². The lowest BCUT2D eigenvalue weighted by atomic mass is 9.93. The van der Waals surface area contributed by atoms with Gasteiger partial charge in [0.25, 0.3) is 0 Å². The van der Waals surface area contributed by atoms with Crippen molar-refractivity contribution in [1.82, 2.24) is 14.7 Å². The SMILES string of the molecule is CC(C)c1ccc(NC(=O)N2CCCN(C(=O)CN3CCc4sccc4[C@@H]3c3cccc(F)c3)CC2)cc1. The third-order valence-electron chi connectivity index (χ3n) is 7.53. The Labute approximate surface area is 228 Å². The molecule has 1 aromatic heterocycles. The van der Waals surface area contributed by atoms with Crippen LogP contribution in [0.5, 0.6) is 0 Å². The lowest BCUT2D eigenvalue weighted by molar-refractivity contribution is -0.132. The number of hydrogen-bond acceptors (Lipinski definition) is 4. The van der Waals surface area contributed by atoms with Crippen LogP contribution < -0.4 is 5.32 Å². The maximum absolute atomic E-state index is 14.1. The van der Waals surface area contributed by atoms with Crippen LogP contribution in [0.15, 0.2) is 60.0 Å². The molecule has 2 aromatic carbocycles. The molecule has 0 saturated carbocycles. The van der Waals surface area contributed by atoms with E-state index < -0.39 is 0 Å². The summed E-state index contributed by atoms with van der Waals surface area (Å²) in [5.41, 5.74) is 4.05. The van der Waals surface area contributed by atoms with Crippen LogP contribution in [-0.2, 0) is 11.2 Å². The van der Waals surface area contributed by atoms with Gasteiger partial charge in [-0.05, 0) is 71.2 Å². The highest BCUT2D eigenvalue weighted by Crippen LogP contribution is 2.37. The summed E-state index contributed by atoms with van der Waals surface area (Å²) in [4.78, 5) is 33.5. The first-order valence-electron chi connectivity index (χ1n) is 13.4. The maximum Gasteiger partial charge on any atom is 0.321 e. The molecule has 0 spiro atoms. The fourth-order valence-corrected chi connectivity index (χ4v) is 6.31. The van der Waals surface area contributed by atoms with Crippen LogP contribution in [0.4, 0.5) is 14.9 Å². The van der Waals surface area contributed by atoms with Gasteiger partial charge < -0.3 is 15.1 Å². The summed E-state index contributed by atoms with van der Waals surface area (Å²) in [6.45, 7) is 7.52. The zero-order chi connectivity index (χ0) is 26.6. The van der Waals surface area contributed by atoms with Crippen molar-refractivity contribution in [3.63, 3.8) is 0 Å². The largest absolute Gasteiger partial charge is 0.340 e. The summed E-state index contributed by atoms with van der Waals surface area (Å²) < 4.78 is 14.1. The molecule has 8 heteroatoms. The smallest absolute Gasteiger partial charge is 0.321 e. The number of carbonyl (C=O) groups is 2. The molecule has 3 amide bonds. The van der Waals surface area contributed by atoms with Crippen LogP contribution in [0.3, 0.4) is 0 Å². The van der Waals surface area contributed by atoms with Crippen LogP contribution in [0, 0.1) is 5.82 Å². The molecule has 3 aromatic rings. The standard InChI is InChI=1S/C30H35FN4O2S/c1-21(2)22-7-9-25(10-8-22)32-30(37)34-14-4-13-33(16-17-34)28(36)20-35-15-11-27-26(12-18-38-27)29(35)23-5-3-6-24(31)19-23/h3,5-10,12,18-19,21,29H,4,11,13-17,20H2,1-2H3,(H,32,37)/t29-/m0/s1. The molecule has 1 saturated heterocycles. The molecule has 1 fully saturated rings. The summed E-state index contributed by atoms with van der Waals surface area (Å²) in [6, 6.07) is 16.5. The fraction of sp³-hybridized carbons (Fsp3) is 0.400. The molecule has 0 unspecified atom stereocenters. The average Bonchev–Trinajstić information content (AvgIpc) is 3.24. The number of rotatable bonds is 5. The minimum absolute atomic E-state index is 0.0524. The van der Waals surface area contributed by atoms with E-state index in [2.05, 4.69) is 35.5 Å². The van der Waals surface area contributed by atoms with Crippen LogP contribution in [0.25, 0.3) is 0 Å². The van der Waals surface area contributed by atoms with E-state index >= 15 is 0 Å². The van der Waals surface area contributed by atoms with Crippen LogP contribution in [-0.4, -0.2) is 65.9 Å². The van der Waals surface area contributed by atoms with E-state index in [1.165, 1.54) is 22.1 Å². The number of thiophene rings is 1. The third-order valence-corrected chi connectivity index (χ3v) is 8.53. The van der Waals surface area contributed by atoms with Crippen molar-refractivity contribution in [2.75, 3.05) is 44.6 Å². The lowest BCUT2D eigenvalue weighted by Gasteiger charge is -2.37. The second kappa shape index (κ2) is 11.7. The van der Waals surface area contributed by atoms with E-state index in [0.717, 1.165) is 30.6 Å². The van der Waals surface area contributed by atoms with Crippen molar-refractivity contribution < 1.29 is 14.0 Å². The van der Waals surface area contributed by atoms with E-state index in [1.54, 1.807) is 28.4 Å². The molecule has 2 aliphatic heterocycles. The monoisotopic (exact) mass is 534 g/mol. The fourth-order valence-electron chi connectivity index (χ4n) is 5.40. The Hall–Kier alpha value is -3.23. The van der Waals surface area contributed by atoms with Gasteiger partial charge in [0, 0.05) is 43.3 Å². The van der Waals surface area contributed by atoms with Crippen molar-refractivity contribution in [3.8, 4) is 0 Å². The molecular weight excluding hydrogens is 499 g/mol. The Balaban J connectivity index is 1.21. The number of carbonyl (C=O) groups excluding carboxylic acids is 2. The number of hydrogen-bond donors (Lipinski definition) is 1. The zero-order valence-corrected chi connectivity index (χ0v) is 22.8. The normalized spacial score (nSPS) is 18.3. The number of urea groups is 1. The Kier molecular flexibility index (Phi) is 8.09. The second-order valence-corrected chi connectivity index (χ2v) is 11.4. The number of halogens is 1. The van der Waals surface area contributed by atoms with Crippen molar-refractivity contribution in [1.29, 1.82) is 0 Å². The van der Waals surface area contributed by atoms with Gasteiger partial charge in [-0.2, -0.15) is 0 Å². The summed E-state index contributed by atoms with van der Waals surface area (Å²) >= 11 is 1.73. The molecule has 3 heterocycles. The molecule has 200 valence electrons. The molecule has 2 aliphatic rings. The van der Waals surface area contributed by atoms with Crippen LogP contribution >= 0.6 is 11.3 Å². The first-order valence-corrected chi connectivity index (χ1v) is 14.3. The van der Waals surface area contributed by atoms with Gasteiger partial charge in [-0.3, -0.25) is 9.69 Å². The lowest BCUT2D eigenvalue weighted by Crippen LogP contribution is -2.45. The highest BCUT2D eigenvalue weighted by Gasteiger charge is 2.32. The minimum Gasteiger partial charge on any atom is -0.340 e. The number of nitrogens with zero attached hydrogens (tertiary/aromatic N) is 3. The van der Waals surface area contributed by atoms with Gasteiger partial charge in [-0.25, -0.2) is 9.18 Å². The number of amides is 3. The minimum atomic E-state index is -0.266. The molecule has 1 N–H and O–H groups in total. The molecular formula is C30H35FN4O2S. The van der Waals surface area contributed by atoms with Crippen molar-refractivity contribution in [2.45, 2.75) is 38.6 Å². The van der Waals surface area contributed by atoms with Gasteiger partial charge in [0.05, 0.1) is 12.6 Å². The van der Waals surface area contributed by atoms with Gasteiger partial charge in [-0.1, -0.05) is 38.1 Å². The van der Waals surface area contributed by atoms with Crippen LogP contribution in [0.2, 0.25) is 0 Å². The highest BCUT2D eigenvalue weighted by molar-refractivity contribution is 7.10. The molecule has 6 nitrogen and oxygen atoms in total. The Morgan fingerprint density at radius 1 is 1.00 bits per heavy atom. The van der Waals surface area contributed by atoms with Crippen molar-refractivity contribution in [3.05, 3.63) is 87.4 Å². The van der Waals surface area contributed by atoms with Crippen molar-refractivity contribution in [2.24, 2.45) is 0 Å². The summed E-state index contributed by atoms with van der Waals surface area (Å²) in [7, 11) is 0. The topological polar surface area (TPSA) is 55.9 Å². The van der Waals surface area contributed by atoms with Gasteiger partial charge in [0.2, 0.25) is 5.91 Å². The van der Waals surface area contributed by atoms with E-state index in [0.29, 0.717) is 32.1 Å².